The minimum Gasteiger partial charge on any atom is -0.545 e. The maximum atomic E-state index is 13.1. The number of rotatable bonds is 6. The average Bonchev–Trinajstić information content (AvgIpc) is 2.93. The molecule has 0 saturated carbocycles. The second-order valence-electron chi connectivity index (χ2n) is 5.96. The minimum absolute atomic E-state index is 0.0669. The Labute approximate surface area is 163 Å². The number of anilines is 2. The highest BCUT2D eigenvalue weighted by atomic mass is 32.2. The molecule has 1 unspecified atom stereocenters. The summed E-state index contributed by atoms with van der Waals surface area (Å²) in [6, 6.07) is 10.6. The number of hydrogen-bond acceptors (Lipinski definition) is 6. The van der Waals surface area contributed by atoms with Crippen molar-refractivity contribution in [1.29, 1.82) is 0 Å². The van der Waals surface area contributed by atoms with Crippen LogP contribution in [0.2, 0.25) is 0 Å². The molecular weight excluding hydrogens is 387 g/mol. The summed E-state index contributed by atoms with van der Waals surface area (Å²) >= 11 is 1.01. The van der Waals surface area contributed by atoms with Crippen molar-refractivity contribution in [3.8, 4) is 0 Å². The van der Waals surface area contributed by atoms with Crippen molar-refractivity contribution in [3.63, 3.8) is 0 Å². The first-order valence-electron chi connectivity index (χ1n) is 8.20. The smallest absolute Gasteiger partial charge is 0.247 e. The Balaban J connectivity index is 1.60. The van der Waals surface area contributed by atoms with E-state index in [1.54, 1.807) is 0 Å². The third-order valence-corrected chi connectivity index (χ3v) is 5.19. The van der Waals surface area contributed by atoms with Crippen LogP contribution in [0.1, 0.15) is 16.8 Å². The number of thioether (sulfide) groups is 1. The number of imide groups is 1. The van der Waals surface area contributed by atoms with Gasteiger partial charge in [-0.15, -0.1) is 11.8 Å². The van der Waals surface area contributed by atoms with E-state index < -0.39 is 34.8 Å². The molecule has 1 heterocycles. The van der Waals surface area contributed by atoms with E-state index in [-0.39, 0.29) is 23.4 Å². The summed E-state index contributed by atoms with van der Waals surface area (Å²) in [5.74, 6) is -3.26. The minimum atomic E-state index is -1.36. The van der Waals surface area contributed by atoms with Gasteiger partial charge in [0.1, 0.15) is 5.82 Å². The lowest BCUT2D eigenvalue weighted by atomic mass is 10.2. The molecule has 2 aromatic rings. The second kappa shape index (κ2) is 8.22. The standard InChI is InChI=1S/C19H15FN2O5S/c20-12-2-1-3-13(8-12)21-16(23)10-28-15-9-17(24)22(18(15)25)14-6-4-11(5-7-14)19(26)27/h1-8,15H,9-10H2,(H,21,23)(H,26,27)/p-1. The Bertz CT molecular complexity index is 948. The number of carboxylic acid groups (broad SMARTS) is 1. The van der Waals surface area contributed by atoms with Crippen molar-refractivity contribution in [2.24, 2.45) is 0 Å². The second-order valence-corrected chi connectivity index (χ2v) is 7.16. The maximum absolute atomic E-state index is 13.1. The lowest BCUT2D eigenvalue weighted by Crippen LogP contribution is -2.31. The first kappa shape index (κ1) is 19.6. The van der Waals surface area contributed by atoms with E-state index >= 15 is 0 Å². The fraction of sp³-hybridized carbons (Fsp3) is 0.158. The lowest BCUT2D eigenvalue weighted by Gasteiger charge is -2.15. The number of amides is 3. The number of nitrogens with zero attached hydrogens (tertiary/aromatic N) is 1. The Morgan fingerprint density at radius 1 is 1.18 bits per heavy atom. The van der Waals surface area contributed by atoms with Crippen LogP contribution in [0.4, 0.5) is 15.8 Å². The number of carbonyl (C=O) groups is 4. The summed E-state index contributed by atoms with van der Waals surface area (Å²) in [4.78, 5) is 48.5. The first-order valence-corrected chi connectivity index (χ1v) is 9.25. The Kier molecular flexibility index (Phi) is 5.74. The summed E-state index contributed by atoms with van der Waals surface area (Å²) in [6.45, 7) is 0. The largest absolute Gasteiger partial charge is 0.545 e. The predicted octanol–water partition coefficient (Wildman–Crippen LogP) is 1.19. The summed E-state index contributed by atoms with van der Waals surface area (Å²) in [5.41, 5.74) is 0.490. The molecule has 0 bridgehead atoms. The molecule has 1 saturated heterocycles. The fourth-order valence-corrected chi connectivity index (χ4v) is 3.62. The van der Waals surface area contributed by atoms with Gasteiger partial charge in [0, 0.05) is 12.1 Å². The van der Waals surface area contributed by atoms with Gasteiger partial charge in [0.2, 0.25) is 17.7 Å². The van der Waals surface area contributed by atoms with E-state index in [1.807, 2.05) is 0 Å². The van der Waals surface area contributed by atoms with Crippen LogP contribution >= 0.6 is 11.8 Å². The molecule has 0 radical (unpaired) electrons. The Morgan fingerprint density at radius 2 is 1.89 bits per heavy atom. The Hall–Kier alpha value is -3.20. The predicted molar refractivity (Wildman–Crippen MR) is 99.2 cm³/mol. The normalized spacial score (nSPS) is 16.3. The van der Waals surface area contributed by atoms with E-state index in [4.69, 9.17) is 0 Å². The highest BCUT2D eigenvalue weighted by molar-refractivity contribution is 8.01. The van der Waals surface area contributed by atoms with Gasteiger partial charge in [-0.05, 0) is 35.9 Å². The number of hydrogen-bond donors (Lipinski definition) is 1. The number of carboxylic acids is 1. The van der Waals surface area contributed by atoms with E-state index in [0.717, 1.165) is 16.7 Å². The number of benzene rings is 2. The average molecular weight is 401 g/mol. The van der Waals surface area contributed by atoms with Gasteiger partial charge >= 0.3 is 0 Å². The zero-order valence-electron chi connectivity index (χ0n) is 14.4. The number of carbonyl (C=O) groups excluding carboxylic acids is 4. The molecule has 7 nitrogen and oxygen atoms in total. The quantitative estimate of drug-likeness (QED) is 0.729. The maximum Gasteiger partial charge on any atom is 0.247 e. The van der Waals surface area contributed by atoms with Gasteiger partial charge in [-0.1, -0.05) is 18.2 Å². The van der Waals surface area contributed by atoms with Gasteiger partial charge in [-0.3, -0.25) is 14.4 Å². The third-order valence-electron chi connectivity index (χ3n) is 3.99. The molecule has 1 atom stereocenters. The molecule has 1 fully saturated rings. The van der Waals surface area contributed by atoms with Crippen molar-refractivity contribution in [2.75, 3.05) is 16.0 Å². The molecule has 0 spiro atoms. The van der Waals surface area contributed by atoms with Crippen LogP contribution in [0.3, 0.4) is 0 Å². The molecule has 144 valence electrons. The Morgan fingerprint density at radius 3 is 2.54 bits per heavy atom. The molecule has 1 aliphatic heterocycles. The van der Waals surface area contributed by atoms with Crippen LogP contribution in [0.5, 0.6) is 0 Å². The molecule has 1 aliphatic rings. The molecule has 1 N–H and O–H groups in total. The van der Waals surface area contributed by atoms with E-state index in [9.17, 15) is 28.7 Å². The molecule has 2 aromatic carbocycles. The van der Waals surface area contributed by atoms with E-state index in [1.165, 1.54) is 48.5 Å². The monoisotopic (exact) mass is 401 g/mol. The van der Waals surface area contributed by atoms with Crippen molar-refractivity contribution < 1.29 is 28.7 Å². The van der Waals surface area contributed by atoms with Crippen molar-refractivity contribution in [2.45, 2.75) is 11.7 Å². The van der Waals surface area contributed by atoms with Crippen LogP contribution in [0, 0.1) is 5.82 Å². The molecule has 3 amide bonds. The summed E-state index contributed by atoms with van der Waals surface area (Å²) in [5, 5.41) is 12.6. The zero-order valence-corrected chi connectivity index (χ0v) is 15.2. The van der Waals surface area contributed by atoms with Gasteiger partial charge in [0.15, 0.2) is 0 Å². The van der Waals surface area contributed by atoms with Crippen molar-refractivity contribution >= 4 is 46.8 Å². The van der Waals surface area contributed by atoms with Crippen molar-refractivity contribution in [3.05, 3.63) is 59.9 Å². The summed E-state index contributed by atoms with van der Waals surface area (Å²) in [7, 11) is 0. The molecule has 28 heavy (non-hydrogen) atoms. The highest BCUT2D eigenvalue weighted by Gasteiger charge is 2.40. The number of halogens is 1. The van der Waals surface area contributed by atoms with Gasteiger partial charge in [0.05, 0.1) is 22.7 Å². The van der Waals surface area contributed by atoms with Crippen LogP contribution in [-0.4, -0.2) is 34.7 Å². The van der Waals surface area contributed by atoms with E-state index in [0.29, 0.717) is 5.69 Å². The van der Waals surface area contributed by atoms with Crippen LogP contribution in [0.25, 0.3) is 0 Å². The lowest BCUT2D eigenvalue weighted by molar-refractivity contribution is -0.255. The van der Waals surface area contributed by atoms with Gasteiger partial charge in [-0.25, -0.2) is 9.29 Å². The molecule has 0 aliphatic carbocycles. The molecular formula is C19H14FN2O5S-. The van der Waals surface area contributed by atoms with Gasteiger partial charge in [-0.2, -0.15) is 0 Å². The summed E-state index contributed by atoms with van der Waals surface area (Å²) < 4.78 is 13.1. The first-order chi connectivity index (χ1) is 13.3. The van der Waals surface area contributed by atoms with Gasteiger partial charge < -0.3 is 15.2 Å². The zero-order chi connectivity index (χ0) is 20.3. The van der Waals surface area contributed by atoms with Crippen LogP contribution in [0.15, 0.2) is 48.5 Å². The molecule has 9 heteroatoms. The number of nitrogens with one attached hydrogen (secondary N) is 1. The van der Waals surface area contributed by atoms with Crippen LogP contribution < -0.4 is 15.3 Å². The summed E-state index contributed by atoms with van der Waals surface area (Å²) in [6.07, 6.45) is -0.0705. The topological polar surface area (TPSA) is 107 Å². The third kappa shape index (κ3) is 4.37. The fourth-order valence-electron chi connectivity index (χ4n) is 2.69. The molecule has 3 rings (SSSR count). The van der Waals surface area contributed by atoms with Crippen LogP contribution in [-0.2, 0) is 14.4 Å². The number of aromatic carboxylic acids is 1. The van der Waals surface area contributed by atoms with E-state index in [2.05, 4.69) is 5.32 Å². The van der Waals surface area contributed by atoms with Crippen molar-refractivity contribution in [1.82, 2.24) is 0 Å². The van der Waals surface area contributed by atoms with Gasteiger partial charge in [0.25, 0.3) is 0 Å². The molecule has 0 aromatic heterocycles. The highest BCUT2D eigenvalue weighted by Crippen LogP contribution is 2.30. The SMILES string of the molecule is O=C(CSC1CC(=O)N(c2ccc(C(=O)[O-])cc2)C1=O)Nc1cccc(F)c1.